The zero-order chi connectivity index (χ0) is 25.2. The Morgan fingerprint density at radius 3 is 1.97 bits per heavy atom. The van der Waals surface area contributed by atoms with Gasteiger partial charge in [0.15, 0.2) is 0 Å². The Labute approximate surface area is 195 Å². The second kappa shape index (κ2) is 7.67. The molecule has 0 amide bonds. The monoisotopic (exact) mass is 496 g/mol. The Morgan fingerprint density at radius 1 is 0.912 bits per heavy atom. The van der Waals surface area contributed by atoms with Gasteiger partial charge in [-0.05, 0) is 61.4 Å². The number of allylic oxidation sites excluding steroid dienone is 2. The van der Waals surface area contributed by atoms with Crippen LogP contribution in [0.15, 0.2) is 36.4 Å². The maximum atomic E-state index is 15.1. The molecule has 1 aliphatic rings. The summed E-state index contributed by atoms with van der Waals surface area (Å²) >= 11 is 1.03. The van der Waals surface area contributed by atoms with Gasteiger partial charge in [-0.1, -0.05) is 0 Å². The summed E-state index contributed by atoms with van der Waals surface area (Å²) in [4.78, 5) is 0.624. The summed E-state index contributed by atoms with van der Waals surface area (Å²) in [5.41, 5.74) is -3.30. The molecule has 0 fully saturated rings. The fourth-order valence-electron chi connectivity index (χ4n) is 4.12. The van der Waals surface area contributed by atoms with Crippen molar-refractivity contribution in [3.05, 3.63) is 63.8 Å². The number of nitriles is 1. The molecule has 3 nitrogen and oxygen atoms in total. The smallest absolute Gasteiger partial charge is 0.380 e. The Bertz CT molecular complexity index is 1360. The third-order valence-corrected chi connectivity index (χ3v) is 7.25. The second-order valence-corrected chi connectivity index (χ2v) is 9.24. The molecular weight excluding hydrogens is 478 g/mol. The second-order valence-electron chi connectivity index (χ2n) is 7.98. The number of benzene rings is 1. The van der Waals surface area contributed by atoms with E-state index in [2.05, 4.69) is 0 Å². The van der Waals surface area contributed by atoms with Crippen molar-refractivity contribution in [3.63, 3.8) is 0 Å². The molecule has 2 aromatic heterocycles. The van der Waals surface area contributed by atoms with Crippen LogP contribution in [-0.4, -0.2) is 29.4 Å². The minimum atomic E-state index is -5.66. The van der Waals surface area contributed by atoms with Gasteiger partial charge in [0.2, 0.25) is 0 Å². The van der Waals surface area contributed by atoms with Gasteiger partial charge in [0.1, 0.15) is 17.5 Å². The van der Waals surface area contributed by atoms with E-state index in [9.17, 15) is 14.0 Å². The van der Waals surface area contributed by atoms with Gasteiger partial charge < -0.3 is 9.30 Å². The van der Waals surface area contributed by atoms with Crippen molar-refractivity contribution < 1.29 is 31.1 Å². The van der Waals surface area contributed by atoms with E-state index in [-0.39, 0.29) is 21.8 Å². The van der Waals surface area contributed by atoms with Crippen LogP contribution in [0.4, 0.5) is 26.3 Å². The average Bonchev–Trinajstić information content (AvgIpc) is 3.33. The Morgan fingerprint density at radius 2 is 1.47 bits per heavy atom. The molecule has 0 saturated carbocycles. The molecular formula is C24H18F6N2OS. The molecule has 0 radical (unpaired) electrons. The van der Waals surface area contributed by atoms with Crippen LogP contribution in [-0.2, 0) is 7.05 Å². The van der Waals surface area contributed by atoms with Gasteiger partial charge >= 0.3 is 17.8 Å². The third kappa shape index (κ3) is 3.10. The summed E-state index contributed by atoms with van der Waals surface area (Å²) in [5.74, 6) is -15.4. The number of rotatable bonds is 4. The van der Waals surface area contributed by atoms with Crippen LogP contribution in [0.2, 0.25) is 0 Å². The van der Waals surface area contributed by atoms with E-state index in [1.165, 1.54) is 38.6 Å². The van der Waals surface area contributed by atoms with Crippen LogP contribution in [0.25, 0.3) is 21.6 Å². The van der Waals surface area contributed by atoms with Crippen LogP contribution in [0, 0.1) is 25.2 Å². The highest BCUT2D eigenvalue weighted by Gasteiger charge is 2.80. The first-order valence-electron chi connectivity index (χ1n) is 10.00. The summed E-state index contributed by atoms with van der Waals surface area (Å²) in [6, 6.07) is 10.5. The fourth-order valence-corrected chi connectivity index (χ4v) is 5.15. The van der Waals surface area contributed by atoms with Crippen molar-refractivity contribution in [2.45, 2.75) is 31.6 Å². The van der Waals surface area contributed by atoms with Crippen LogP contribution < -0.4 is 4.74 Å². The van der Waals surface area contributed by atoms with Gasteiger partial charge in [0.05, 0.1) is 7.11 Å². The van der Waals surface area contributed by atoms with Gasteiger partial charge in [-0.15, -0.1) is 11.3 Å². The lowest BCUT2D eigenvalue weighted by molar-refractivity contribution is -0.254. The lowest BCUT2D eigenvalue weighted by atomic mass is 9.94. The molecule has 34 heavy (non-hydrogen) atoms. The Kier molecular flexibility index (Phi) is 5.40. The molecule has 3 aromatic rings. The number of thiophene rings is 1. The van der Waals surface area contributed by atoms with Crippen molar-refractivity contribution in [1.82, 2.24) is 4.57 Å². The van der Waals surface area contributed by atoms with E-state index < -0.39 is 34.5 Å². The highest BCUT2D eigenvalue weighted by molar-refractivity contribution is 7.15. The normalized spacial score (nSPS) is 18.3. The molecule has 0 N–H and O–H groups in total. The van der Waals surface area contributed by atoms with Crippen molar-refractivity contribution in [2.75, 3.05) is 7.11 Å². The van der Waals surface area contributed by atoms with E-state index in [4.69, 9.17) is 4.74 Å². The van der Waals surface area contributed by atoms with Gasteiger partial charge in [0, 0.05) is 39.2 Å². The van der Waals surface area contributed by atoms with E-state index in [0.29, 0.717) is 16.2 Å². The molecule has 1 aliphatic carbocycles. The quantitative estimate of drug-likeness (QED) is 0.362. The first-order valence-corrected chi connectivity index (χ1v) is 10.8. The molecule has 2 heterocycles. The minimum Gasteiger partial charge on any atom is -0.497 e. The van der Waals surface area contributed by atoms with E-state index >= 15 is 17.6 Å². The predicted octanol–water partition coefficient (Wildman–Crippen LogP) is 7.08. The summed E-state index contributed by atoms with van der Waals surface area (Å²) in [6.45, 7) is 2.73. The topological polar surface area (TPSA) is 37.9 Å². The fraction of sp³-hybridized carbons (Fsp3) is 0.292. The van der Waals surface area contributed by atoms with E-state index in [1.807, 2.05) is 0 Å². The zero-order valence-electron chi connectivity index (χ0n) is 18.4. The molecule has 0 aliphatic heterocycles. The van der Waals surface area contributed by atoms with Crippen molar-refractivity contribution in [3.8, 4) is 22.3 Å². The molecule has 0 saturated heterocycles. The zero-order valence-corrected chi connectivity index (χ0v) is 19.3. The van der Waals surface area contributed by atoms with Gasteiger partial charge in [-0.3, -0.25) is 0 Å². The maximum Gasteiger partial charge on any atom is 0.380 e. The summed E-state index contributed by atoms with van der Waals surface area (Å²) in [7, 11) is 2.85. The first-order chi connectivity index (χ1) is 15.8. The third-order valence-electron chi connectivity index (χ3n) is 6.15. The number of alkyl halides is 6. The van der Waals surface area contributed by atoms with Crippen LogP contribution >= 0.6 is 11.3 Å². The van der Waals surface area contributed by atoms with Crippen molar-refractivity contribution in [1.29, 1.82) is 5.26 Å². The van der Waals surface area contributed by atoms with Gasteiger partial charge in [-0.2, -0.15) is 31.6 Å². The minimum absolute atomic E-state index is 0.000450. The number of nitrogens with zero attached hydrogens (tertiary/aromatic N) is 2. The molecule has 0 unspecified atom stereocenters. The average molecular weight is 496 g/mol. The molecule has 4 rings (SSSR count). The number of ether oxygens (including phenoxy) is 1. The standard InChI is InChI=1S/C24H18F6N2OS/c1-12-17(9-15(11-31)32(12)3)20-21(23(27,28)24(29,30)22(20,25)26)18-10-19(34-13(18)2)14-5-7-16(33-4)8-6-14/h5-10H,1-4H3. The number of halogens is 6. The number of hydrogen-bond donors (Lipinski definition) is 0. The molecule has 178 valence electrons. The lowest BCUT2D eigenvalue weighted by Gasteiger charge is -2.25. The molecule has 1 aromatic carbocycles. The summed E-state index contributed by atoms with van der Waals surface area (Å²) in [6.07, 6.45) is 0. The van der Waals surface area contributed by atoms with Crippen LogP contribution in [0.1, 0.15) is 27.4 Å². The maximum absolute atomic E-state index is 15.1. The number of hydrogen-bond acceptors (Lipinski definition) is 3. The Hall–Kier alpha value is -3.19. The molecule has 0 atom stereocenters. The van der Waals surface area contributed by atoms with Crippen LogP contribution in [0.3, 0.4) is 0 Å². The molecule has 10 heteroatoms. The Balaban J connectivity index is 2.02. The van der Waals surface area contributed by atoms with Crippen molar-refractivity contribution in [2.24, 2.45) is 7.05 Å². The summed E-state index contributed by atoms with van der Waals surface area (Å²) < 4.78 is 96.0. The van der Waals surface area contributed by atoms with Crippen LogP contribution in [0.5, 0.6) is 5.75 Å². The lowest BCUT2D eigenvalue weighted by Crippen LogP contribution is -2.48. The predicted molar refractivity (Wildman–Crippen MR) is 118 cm³/mol. The molecule has 0 spiro atoms. The first kappa shape index (κ1) is 24.0. The van der Waals surface area contributed by atoms with Crippen molar-refractivity contribution >= 4 is 22.5 Å². The molecule has 0 bridgehead atoms. The number of methoxy groups -OCH3 is 1. The highest BCUT2D eigenvalue weighted by atomic mass is 32.1. The highest BCUT2D eigenvalue weighted by Crippen LogP contribution is 2.65. The van der Waals surface area contributed by atoms with E-state index in [0.717, 1.165) is 17.4 Å². The SMILES string of the molecule is COc1ccc(-c2cc(C3=C(c4cc(C#N)n(C)c4C)C(F)(F)C(F)(F)C3(F)F)c(C)s2)cc1. The summed E-state index contributed by atoms with van der Waals surface area (Å²) in [5, 5.41) is 9.25. The number of aromatic nitrogens is 1. The number of aryl methyl sites for hydroxylation is 1. The largest absolute Gasteiger partial charge is 0.497 e. The van der Waals surface area contributed by atoms with E-state index in [1.54, 1.807) is 30.3 Å². The van der Waals surface area contributed by atoms with Gasteiger partial charge in [0.25, 0.3) is 0 Å². The van der Waals surface area contributed by atoms with Gasteiger partial charge in [-0.25, -0.2) is 0 Å².